The first kappa shape index (κ1) is 14.6. The number of hydrogen-bond donors (Lipinski definition) is 0. The Labute approximate surface area is 137 Å². The quantitative estimate of drug-likeness (QED) is 0.628. The van der Waals surface area contributed by atoms with E-state index in [1.54, 1.807) is 0 Å². The predicted molar refractivity (Wildman–Crippen MR) is 90.8 cm³/mol. The van der Waals surface area contributed by atoms with Crippen molar-refractivity contribution in [3.05, 3.63) is 28.3 Å². The lowest BCUT2D eigenvalue weighted by molar-refractivity contribution is -0.120. The number of benzene rings is 1. The van der Waals surface area contributed by atoms with E-state index in [-0.39, 0.29) is 11.5 Å². The van der Waals surface area contributed by atoms with Crippen LogP contribution < -0.4 is 4.90 Å². The third-order valence-electron chi connectivity index (χ3n) is 6.14. The second kappa shape index (κ2) is 4.99. The van der Waals surface area contributed by atoms with Crippen molar-refractivity contribution in [3.8, 4) is 0 Å². The van der Waals surface area contributed by atoms with Crippen molar-refractivity contribution < 1.29 is 4.79 Å². The number of anilines is 1. The normalized spacial score (nSPS) is 29.6. The first-order chi connectivity index (χ1) is 10.5. The summed E-state index contributed by atoms with van der Waals surface area (Å²) in [7, 11) is 0. The maximum absolute atomic E-state index is 13.1. The molecule has 2 unspecified atom stereocenters. The van der Waals surface area contributed by atoms with E-state index in [0.717, 1.165) is 29.8 Å². The maximum Gasteiger partial charge on any atom is 0.234 e. The van der Waals surface area contributed by atoms with E-state index in [0.29, 0.717) is 11.8 Å². The molecule has 0 saturated heterocycles. The third-order valence-corrected chi connectivity index (χ3v) is 6.36. The zero-order valence-electron chi connectivity index (χ0n) is 13.5. The van der Waals surface area contributed by atoms with Gasteiger partial charge in [0.15, 0.2) is 0 Å². The minimum absolute atomic E-state index is 0.0436. The molecule has 4 rings (SSSR count). The number of nitrogens with zero attached hydrogens (tertiary/aromatic N) is 1. The van der Waals surface area contributed by atoms with Crippen LogP contribution in [0.2, 0.25) is 5.02 Å². The second-order valence-corrected chi connectivity index (χ2v) is 8.01. The van der Waals surface area contributed by atoms with E-state index < -0.39 is 0 Å². The first-order valence-electron chi connectivity index (χ1n) is 8.71. The molecule has 118 valence electrons. The van der Waals surface area contributed by atoms with Gasteiger partial charge in [0.25, 0.3) is 0 Å². The van der Waals surface area contributed by atoms with Gasteiger partial charge >= 0.3 is 0 Å². The van der Waals surface area contributed by atoms with E-state index in [4.69, 9.17) is 11.6 Å². The Morgan fingerprint density at radius 3 is 2.41 bits per heavy atom. The molecular weight excluding hydrogens is 294 g/mol. The SMILES string of the molecule is CC1CC2(CCCCCC2)N2C(=O)C(C)c3cc(Cl)cc1c32. The molecule has 1 aromatic rings. The van der Waals surface area contributed by atoms with Crippen molar-refractivity contribution >= 4 is 23.2 Å². The molecule has 2 aliphatic heterocycles. The van der Waals surface area contributed by atoms with Crippen LogP contribution in [0.3, 0.4) is 0 Å². The number of halogens is 1. The van der Waals surface area contributed by atoms with Gasteiger partial charge in [-0.3, -0.25) is 4.79 Å². The molecular formula is C19H24ClNO. The van der Waals surface area contributed by atoms with Crippen molar-refractivity contribution in [2.75, 3.05) is 4.90 Å². The van der Waals surface area contributed by atoms with Gasteiger partial charge in [-0.25, -0.2) is 0 Å². The summed E-state index contributed by atoms with van der Waals surface area (Å²) in [4.78, 5) is 15.3. The molecule has 2 heterocycles. The lowest BCUT2D eigenvalue weighted by atomic mass is 9.74. The molecule has 1 aliphatic carbocycles. The van der Waals surface area contributed by atoms with Gasteiger partial charge in [0.05, 0.1) is 11.6 Å². The average Bonchev–Trinajstić information content (AvgIpc) is 2.67. The zero-order valence-corrected chi connectivity index (χ0v) is 14.2. The molecule has 1 spiro atoms. The van der Waals surface area contributed by atoms with Crippen molar-refractivity contribution in [2.24, 2.45) is 0 Å². The molecule has 2 nitrogen and oxygen atoms in total. The van der Waals surface area contributed by atoms with Gasteiger partial charge in [0, 0.05) is 10.6 Å². The first-order valence-corrected chi connectivity index (χ1v) is 9.09. The Kier molecular flexibility index (Phi) is 3.30. The standard InChI is InChI=1S/C19H24ClNO/c1-12-11-19(7-5-3-4-6-8-19)21-17-15(12)9-14(20)10-16(17)13(2)18(21)22/h9-10,12-13H,3-8,11H2,1-2H3. The van der Waals surface area contributed by atoms with Crippen LogP contribution in [0.4, 0.5) is 5.69 Å². The fourth-order valence-electron chi connectivity index (χ4n) is 5.10. The van der Waals surface area contributed by atoms with E-state index in [1.807, 2.05) is 13.0 Å². The summed E-state index contributed by atoms with van der Waals surface area (Å²) in [5.74, 6) is 0.741. The second-order valence-electron chi connectivity index (χ2n) is 7.57. The van der Waals surface area contributed by atoms with E-state index in [2.05, 4.69) is 17.9 Å². The Bertz CT molecular complexity index is 631. The van der Waals surface area contributed by atoms with Gasteiger partial charge < -0.3 is 4.90 Å². The highest BCUT2D eigenvalue weighted by molar-refractivity contribution is 6.31. The largest absolute Gasteiger partial charge is 0.305 e. The number of rotatable bonds is 0. The summed E-state index contributed by atoms with van der Waals surface area (Å²) in [5.41, 5.74) is 3.72. The summed E-state index contributed by atoms with van der Waals surface area (Å²) < 4.78 is 0. The molecule has 3 heteroatoms. The van der Waals surface area contributed by atoms with Gasteiger partial charge in [0.2, 0.25) is 5.91 Å². The molecule has 1 fully saturated rings. The van der Waals surface area contributed by atoms with Crippen LogP contribution in [0, 0.1) is 0 Å². The predicted octanol–water partition coefficient (Wildman–Crippen LogP) is 5.39. The topological polar surface area (TPSA) is 20.3 Å². The molecule has 0 bridgehead atoms. The maximum atomic E-state index is 13.1. The fraction of sp³-hybridized carbons (Fsp3) is 0.632. The van der Waals surface area contributed by atoms with Crippen LogP contribution in [0.25, 0.3) is 0 Å². The molecule has 3 aliphatic rings. The van der Waals surface area contributed by atoms with E-state index in [1.165, 1.54) is 36.9 Å². The van der Waals surface area contributed by atoms with Crippen LogP contribution in [-0.4, -0.2) is 11.4 Å². The van der Waals surface area contributed by atoms with Crippen LogP contribution >= 0.6 is 11.6 Å². The molecule has 22 heavy (non-hydrogen) atoms. The van der Waals surface area contributed by atoms with E-state index in [9.17, 15) is 4.79 Å². The summed E-state index contributed by atoms with van der Waals surface area (Å²) >= 11 is 6.33. The van der Waals surface area contributed by atoms with Crippen molar-refractivity contribution in [2.45, 2.75) is 76.2 Å². The molecule has 0 aromatic heterocycles. The molecule has 1 aromatic carbocycles. The molecule has 1 saturated carbocycles. The minimum Gasteiger partial charge on any atom is -0.305 e. The Hall–Kier alpha value is -1.02. The molecule has 0 N–H and O–H groups in total. The van der Waals surface area contributed by atoms with Crippen LogP contribution in [0.5, 0.6) is 0 Å². The van der Waals surface area contributed by atoms with Gasteiger partial charge in [-0.05, 0) is 55.4 Å². The van der Waals surface area contributed by atoms with E-state index >= 15 is 0 Å². The van der Waals surface area contributed by atoms with Crippen molar-refractivity contribution in [1.29, 1.82) is 0 Å². The van der Waals surface area contributed by atoms with Crippen LogP contribution in [0.15, 0.2) is 12.1 Å². The van der Waals surface area contributed by atoms with Crippen molar-refractivity contribution in [1.82, 2.24) is 0 Å². The van der Waals surface area contributed by atoms with Gasteiger partial charge in [-0.1, -0.05) is 44.2 Å². The Morgan fingerprint density at radius 1 is 1.09 bits per heavy atom. The Balaban J connectivity index is 1.92. The summed E-state index contributed by atoms with van der Waals surface area (Å²) in [6.07, 6.45) is 8.56. The number of carbonyl (C=O) groups is 1. The zero-order chi connectivity index (χ0) is 15.5. The van der Waals surface area contributed by atoms with Gasteiger partial charge in [-0.15, -0.1) is 0 Å². The molecule has 0 radical (unpaired) electrons. The van der Waals surface area contributed by atoms with Crippen molar-refractivity contribution in [3.63, 3.8) is 0 Å². The molecule has 2 atom stereocenters. The summed E-state index contributed by atoms with van der Waals surface area (Å²) in [6.45, 7) is 4.35. The van der Waals surface area contributed by atoms with Gasteiger partial charge in [-0.2, -0.15) is 0 Å². The number of fused-ring (bicyclic) bond motifs is 1. The highest BCUT2D eigenvalue weighted by atomic mass is 35.5. The average molecular weight is 318 g/mol. The fourth-order valence-corrected chi connectivity index (χ4v) is 5.33. The highest BCUT2D eigenvalue weighted by Crippen LogP contribution is 2.55. The smallest absolute Gasteiger partial charge is 0.234 e. The monoisotopic (exact) mass is 317 g/mol. The Morgan fingerprint density at radius 2 is 1.73 bits per heavy atom. The highest BCUT2D eigenvalue weighted by Gasteiger charge is 2.51. The number of carbonyl (C=O) groups excluding carboxylic acids is 1. The lowest BCUT2D eigenvalue weighted by Crippen LogP contribution is -2.54. The summed E-state index contributed by atoms with van der Waals surface area (Å²) in [6, 6.07) is 4.11. The third kappa shape index (κ3) is 1.89. The van der Waals surface area contributed by atoms with Crippen LogP contribution in [0.1, 0.15) is 81.8 Å². The number of hydrogen-bond acceptors (Lipinski definition) is 1. The molecule has 1 amide bonds. The van der Waals surface area contributed by atoms with Gasteiger partial charge in [0.1, 0.15) is 0 Å². The number of amides is 1. The minimum atomic E-state index is -0.0436. The summed E-state index contributed by atoms with van der Waals surface area (Å²) in [5, 5.41) is 0.777. The van der Waals surface area contributed by atoms with Crippen LogP contribution in [-0.2, 0) is 4.79 Å². The lowest BCUT2D eigenvalue weighted by Gasteiger charge is -2.48.